The molecular weight excluding hydrogens is 697 g/mol. The van der Waals surface area contributed by atoms with Crippen molar-refractivity contribution >= 4 is 13.8 Å². The number of nitrogens with two attached hydrogens (primary N) is 1. The van der Waals surface area contributed by atoms with Gasteiger partial charge in [-0.25, -0.2) is 4.57 Å². The average Bonchev–Trinajstić information content (AvgIpc) is 3.16. The van der Waals surface area contributed by atoms with Gasteiger partial charge in [0.1, 0.15) is 6.10 Å². The summed E-state index contributed by atoms with van der Waals surface area (Å²) in [7, 11) is -4.27. The minimum atomic E-state index is -4.27. The first kappa shape index (κ1) is 53.2. The summed E-state index contributed by atoms with van der Waals surface area (Å²) in [6.45, 7) is 4.97. The second kappa shape index (κ2) is 43.4. The van der Waals surface area contributed by atoms with Gasteiger partial charge in [-0.1, -0.05) is 199 Å². The van der Waals surface area contributed by atoms with Crippen molar-refractivity contribution in [3.05, 3.63) is 12.2 Å². The van der Waals surface area contributed by atoms with Gasteiger partial charge in [-0.2, -0.15) is 0 Å². The van der Waals surface area contributed by atoms with Crippen molar-refractivity contribution < 1.29 is 32.8 Å². The average molecular weight is 788 g/mol. The zero-order valence-electron chi connectivity index (χ0n) is 35.7. The second-order valence-electron chi connectivity index (χ2n) is 15.6. The maximum atomic E-state index is 12.6. The van der Waals surface area contributed by atoms with E-state index in [1.54, 1.807) is 0 Å². The SMILES string of the molecule is CCCCCCCC/C=C\CCCCCCCCCCCCOCC(COP(=O)(O)OCCN)OC(=O)CCCCCCCCCCCCCCCCC. The first-order valence-corrected chi connectivity index (χ1v) is 24.7. The van der Waals surface area contributed by atoms with E-state index in [9.17, 15) is 14.3 Å². The molecule has 0 radical (unpaired) electrons. The molecule has 0 rings (SSSR count). The number of carbonyl (C=O) groups excluding carboxylic acids is 1. The summed E-state index contributed by atoms with van der Waals surface area (Å²) < 4.78 is 33.5. The highest BCUT2D eigenvalue weighted by atomic mass is 31.2. The fourth-order valence-electron chi connectivity index (χ4n) is 6.76. The van der Waals surface area contributed by atoms with Gasteiger partial charge in [0.25, 0.3) is 0 Å². The van der Waals surface area contributed by atoms with Gasteiger partial charge in [-0.3, -0.25) is 13.8 Å². The van der Waals surface area contributed by atoms with E-state index >= 15 is 0 Å². The molecule has 0 aromatic rings. The molecule has 2 atom stereocenters. The lowest BCUT2D eigenvalue weighted by Gasteiger charge is -2.20. The predicted molar refractivity (Wildman–Crippen MR) is 229 cm³/mol. The molecule has 0 aliphatic heterocycles. The molecule has 0 amide bonds. The zero-order valence-corrected chi connectivity index (χ0v) is 36.6. The monoisotopic (exact) mass is 788 g/mol. The normalized spacial score (nSPS) is 13.5. The van der Waals surface area contributed by atoms with Gasteiger partial charge < -0.3 is 20.1 Å². The number of esters is 1. The largest absolute Gasteiger partial charge is 0.472 e. The van der Waals surface area contributed by atoms with E-state index in [0.29, 0.717) is 13.0 Å². The van der Waals surface area contributed by atoms with Crippen molar-refractivity contribution in [2.24, 2.45) is 5.73 Å². The highest BCUT2D eigenvalue weighted by molar-refractivity contribution is 7.47. The Hall–Kier alpha value is -0.760. The van der Waals surface area contributed by atoms with Crippen molar-refractivity contribution in [1.29, 1.82) is 0 Å². The maximum Gasteiger partial charge on any atom is 0.472 e. The van der Waals surface area contributed by atoms with E-state index in [0.717, 1.165) is 32.1 Å². The van der Waals surface area contributed by atoms with Gasteiger partial charge in [-0.05, 0) is 38.5 Å². The molecule has 0 saturated carbocycles. The Bertz CT molecular complexity index is 843. The summed E-state index contributed by atoms with van der Waals surface area (Å²) in [5.41, 5.74) is 5.38. The summed E-state index contributed by atoms with van der Waals surface area (Å²) in [4.78, 5) is 22.5. The highest BCUT2D eigenvalue weighted by Crippen LogP contribution is 2.43. The summed E-state index contributed by atoms with van der Waals surface area (Å²) in [5, 5.41) is 0. The summed E-state index contributed by atoms with van der Waals surface area (Å²) in [6.07, 6.45) is 46.6. The third-order valence-corrected chi connectivity index (χ3v) is 11.2. The summed E-state index contributed by atoms with van der Waals surface area (Å²) in [5.74, 6) is -0.326. The molecule has 54 heavy (non-hydrogen) atoms. The van der Waals surface area contributed by atoms with Gasteiger partial charge in [-0.15, -0.1) is 0 Å². The standard InChI is InChI=1S/C45H90NO7P/c1-3-5-7-9-11-13-15-17-19-20-21-22-23-25-27-29-31-33-35-37-40-50-42-44(43-52-54(48,49)51-41-39-46)53-45(47)38-36-34-32-30-28-26-24-18-16-14-12-10-8-6-4-2/h17,19,44H,3-16,18,20-43,46H2,1-2H3,(H,48,49)/b19-17-. The van der Waals surface area contributed by atoms with Crippen LogP contribution in [-0.2, 0) is 27.9 Å². The summed E-state index contributed by atoms with van der Waals surface area (Å²) >= 11 is 0. The number of phosphoric acid groups is 1. The quantitative estimate of drug-likeness (QED) is 0.0271. The van der Waals surface area contributed by atoms with Gasteiger partial charge in [0.15, 0.2) is 0 Å². The molecule has 3 N–H and O–H groups in total. The number of carbonyl (C=O) groups is 1. The van der Waals surface area contributed by atoms with Crippen molar-refractivity contribution in [1.82, 2.24) is 0 Å². The number of hydrogen-bond donors (Lipinski definition) is 2. The number of phosphoric ester groups is 1. The molecule has 0 spiro atoms. The zero-order chi connectivity index (χ0) is 39.5. The predicted octanol–water partition coefficient (Wildman–Crippen LogP) is 13.9. The van der Waals surface area contributed by atoms with E-state index in [2.05, 4.69) is 26.0 Å². The Labute approximate surface area is 334 Å². The van der Waals surface area contributed by atoms with Crippen molar-refractivity contribution in [2.75, 3.05) is 33.0 Å². The first-order chi connectivity index (χ1) is 26.4. The molecule has 0 aromatic carbocycles. The van der Waals surface area contributed by atoms with E-state index in [1.807, 2.05) is 0 Å². The van der Waals surface area contributed by atoms with Crippen LogP contribution >= 0.6 is 7.82 Å². The Morgan fingerprint density at radius 1 is 0.537 bits per heavy atom. The molecule has 0 aliphatic carbocycles. The number of hydrogen-bond acceptors (Lipinski definition) is 7. The molecule has 0 heterocycles. The van der Waals surface area contributed by atoms with Gasteiger partial charge in [0, 0.05) is 19.6 Å². The molecule has 0 fully saturated rings. The smallest absolute Gasteiger partial charge is 0.457 e. The first-order valence-electron chi connectivity index (χ1n) is 23.2. The number of ether oxygens (including phenoxy) is 2. The molecule has 9 heteroatoms. The Morgan fingerprint density at radius 2 is 0.926 bits per heavy atom. The molecule has 0 bridgehead atoms. The van der Waals surface area contributed by atoms with Crippen LogP contribution in [0.15, 0.2) is 12.2 Å². The molecule has 0 aromatic heterocycles. The van der Waals surface area contributed by atoms with E-state index in [1.165, 1.54) is 180 Å². The van der Waals surface area contributed by atoms with Crippen LogP contribution in [0.2, 0.25) is 0 Å². The molecule has 2 unspecified atom stereocenters. The Kier molecular flexibility index (Phi) is 42.8. The molecule has 322 valence electrons. The van der Waals surface area contributed by atoms with Gasteiger partial charge in [0.2, 0.25) is 0 Å². The van der Waals surface area contributed by atoms with Gasteiger partial charge >= 0.3 is 13.8 Å². The fraction of sp³-hybridized carbons (Fsp3) is 0.933. The van der Waals surface area contributed by atoms with Crippen LogP contribution in [0.3, 0.4) is 0 Å². The van der Waals surface area contributed by atoms with Crippen molar-refractivity contribution in [3.8, 4) is 0 Å². The van der Waals surface area contributed by atoms with Gasteiger partial charge in [0.05, 0.1) is 19.8 Å². The van der Waals surface area contributed by atoms with Crippen LogP contribution in [0, 0.1) is 0 Å². The lowest BCUT2D eigenvalue weighted by Crippen LogP contribution is -2.28. The van der Waals surface area contributed by atoms with Crippen LogP contribution in [-0.4, -0.2) is 49.9 Å². The second-order valence-corrected chi connectivity index (χ2v) is 17.1. The molecule has 0 saturated heterocycles. The number of unbranched alkanes of at least 4 members (excludes halogenated alkanes) is 30. The summed E-state index contributed by atoms with van der Waals surface area (Å²) in [6, 6.07) is 0. The minimum Gasteiger partial charge on any atom is -0.457 e. The van der Waals surface area contributed by atoms with Crippen LogP contribution in [0.1, 0.15) is 232 Å². The highest BCUT2D eigenvalue weighted by Gasteiger charge is 2.25. The number of rotatable bonds is 45. The number of allylic oxidation sites excluding steroid dienone is 2. The van der Waals surface area contributed by atoms with Crippen LogP contribution in [0.4, 0.5) is 0 Å². The molecule has 8 nitrogen and oxygen atoms in total. The van der Waals surface area contributed by atoms with Crippen LogP contribution in [0.25, 0.3) is 0 Å². The topological polar surface area (TPSA) is 117 Å². The van der Waals surface area contributed by atoms with E-state index < -0.39 is 13.9 Å². The van der Waals surface area contributed by atoms with Crippen LogP contribution < -0.4 is 5.73 Å². The minimum absolute atomic E-state index is 0.0921. The van der Waals surface area contributed by atoms with Crippen molar-refractivity contribution in [3.63, 3.8) is 0 Å². The molecular formula is C45H90NO7P. The van der Waals surface area contributed by atoms with Crippen LogP contribution in [0.5, 0.6) is 0 Å². The molecule has 0 aliphatic rings. The third-order valence-electron chi connectivity index (χ3n) is 10.2. The Balaban J connectivity index is 3.94. The lowest BCUT2D eigenvalue weighted by molar-refractivity contribution is -0.154. The lowest BCUT2D eigenvalue weighted by atomic mass is 10.0. The fourth-order valence-corrected chi connectivity index (χ4v) is 7.52. The third kappa shape index (κ3) is 42.4. The van der Waals surface area contributed by atoms with E-state index in [-0.39, 0.29) is 32.3 Å². The Morgan fingerprint density at radius 3 is 1.35 bits per heavy atom. The van der Waals surface area contributed by atoms with E-state index in [4.69, 9.17) is 24.3 Å². The van der Waals surface area contributed by atoms with Crippen molar-refractivity contribution in [2.45, 2.75) is 238 Å². The maximum absolute atomic E-state index is 12.6.